The van der Waals surface area contributed by atoms with Gasteiger partial charge >= 0.3 is 0 Å². The highest BCUT2D eigenvalue weighted by atomic mass is 15.3. The van der Waals surface area contributed by atoms with Crippen molar-refractivity contribution in [3.63, 3.8) is 0 Å². The molecule has 0 radical (unpaired) electrons. The molecule has 0 fully saturated rings. The van der Waals surface area contributed by atoms with Gasteiger partial charge in [-0.3, -0.25) is 0 Å². The van der Waals surface area contributed by atoms with E-state index in [0.29, 0.717) is 6.04 Å². The second kappa shape index (κ2) is 6.31. The zero-order valence-electron chi connectivity index (χ0n) is 11.0. The number of hydrogen-bond acceptors (Lipinski definition) is 3. The van der Waals surface area contributed by atoms with Crippen molar-refractivity contribution in [2.24, 2.45) is 0 Å². The molecule has 0 saturated heterocycles. The van der Waals surface area contributed by atoms with Crippen LogP contribution < -0.4 is 5.32 Å². The van der Waals surface area contributed by atoms with E-state index in [-0.39, 0.29) is 0 Å². The van der Waals surface area contributed by atoms with Crippen LogP contribution in [0.5, 0.6) is 0 Å². The molecule has 2 rings (SSSR count). The number of aromatic nitrogens is 3. The number of benzene rings is 1. The Labute approximate surface area is 108 Å². The van der Waals surface area contributed by atoms with Gasteiger partial charge in [-0.1, -0.05) is 30.3 Å². The van der Waals surface area contributed by atoms with Gasteiger partial charge in [0.25, 0.3) is 0 Å². The summed E-state index contributed by atoms with van der Waals surface area (Å²) in [6, 6.07) is 10.9. The lowest BCUT2D eigenvalue weighted by Gasteiger charge is -2.10. The quantitative estimate of drug-likeness (QED) is 0.792. The molecule has 4 nitrogen and oxygen atoms in total. The fourth-order valence-corrected chi connectivity index (χ4v) is 1.91. The largest absolute Gasteiger partial charge is 0.310 e. The Balaban J connectivity index is 1.77. The topological polar surface area (TPSA) is 42.7 Å². The molecule has 1 heterocycles. The van der Waals surface area contributed by atoms with Crippen LogP contribution in [0.25, 0.3) is 0 Å². The predicted molar refractivity (Wildman–Crippen MR) is 72.3 cm³/mol. The van der Waals surface area contributed by atoms with Gasteiger partial charge in [0.2, 0.25) is 0 Å². The zero-order chi connectivity index (χ0) is 12.8. The van der Waals surface area contributed by atoms with Crippen molar-refractivity contribution < 1.29 is 0 Å². The smallest absolute Gasteiger partial charge is 0.141 e. The van der Waals surface area contributed by atoms with Crippen molar-refractivity contribution in [1.82, 2.24) is 20.1 Å². The molecule has 18 heavy (non-hydrogen) atoms. The molecule has 0 aliphatic heterocycles. The number of nitrogens with one attached hydrogen (secondary N) is 1. The standard InChI is InChI=1S/C14H20N4/c1-12(2)18-14(16-11-17-18)10-15-9-8-13-6-4-3-5-7-13/h3-7,11-12,15H,8-10H2,1-2H3. The van der Waals surface area contributed by atoms with Crippen molar-refractivity contribution >= 4 is 0 Å². The van der Waals surface area contributed by atoms with Gasteiger partial charge in [-0.15, -0.1) is 0 Å². The highest BCUT2D eigenvalue weighted by molar-refractivity contribution is 5.14. The lowest BCUT2D eigenvalue weighted by molar-refractivity contribution is 0.490. The first kappa shape index (κ1) is 12.8. The van der Waals surface area contributed by atoms with E-state index in [0.717, 1.165) is 25.3 Å². The van der Waals surface area contributed by atoms with E-state index in [1.54, 1.807) is 6.33 Å². The van der Waals surface area contributed by atoms with E-state index in [9.17, 15) is 0 Å². The summed E-state index contributed by atoms with van der Waals surface area (Å²) in [5, 5.41) is 7.63. The minimum Gasteiger partial charge on any atom is -0.310 e. The average Bonchev–Trinajstić information content (AvgIpc) is 2.84. The Morgan fingerprint density at radius 3 is 2.72 bits per heavy atom. The summed E-state index contributed by atoms with van der Waals surface area (Å²) in [7, 11) is 0. The highest BCUT2D eigenvalue weighted by Gasteiger charge is 2.06. The third kappa shape index (κ3) is 3.40. The van der Waals surface area contributed by atoms with Crippen molar-refractivity contribution in [1.29, 1.82) is 0 Å². The Hall–Kier alpha value is -1.68. The Morgan fingerprint density at radius 1 is 1.22 bits per heavy atom. The molecule has 4 heteroatoms. The summed E-state index contributed by atoms with van der Waals surface area (Å²) >= 11 is 0. The van der Waals surface area contributed by atoms with Crippen LogP contribution >= 0.6 is 0 Å². The van der Waals surface area contributed by atoms with E-state index in [1.807, 2.05) is 10.7 Å². The van der Waals surface area contributed by atoms with Crippen molar-refractivity contribution in [3.8, 4) is 0 Å². The van der Waals surface area contributed by atoms with Crippen molar-refractivity contribution in [2.45, 2.75) is 32.9 Å². The number of nitrogens with zero attached hydrogens (tertiary/aromatic N) is 3. The van der Waals surface area contributed by atoms with Gasteiger partial charge in [0.15, 0.2) is 0 Å². The molecule has 1 aromatic carbocycles. The molecule has 96 valence electrons. The maximum atomic E-state index is 4.27. The van der Waals surface area contributed by atoms with Gasteiger partial charge < -0.3 is 5.32 Å². The van der Waals surface area contributed by atoms with Crippen LogP contribution in [-0.2, 0) is 13.0 Å². The van der Waals surface area contributed by atoms with E-state index in [4.69, 9.17) is 0 Å². The van der Waals surface area contributed by atoms with Crippen molar-refractivity contribution in [3.05, 3.63) is 48.0 Å². The lowest BCUT2D eigenvalue weighted by atomic mass is 10.1. The molecule has 0 bridgehead atoms. The molecular weight excluding hydrogens is 224 g/mol. The van der Waals surface area contributed by atoms with Gasteiger partial charge in [-0.2, -0.15) is 5.10 Å². The molecule has 0 amide bonds. The summed E-state index contributed by atoms with van der Waals surface area (Å²) in [5.41, 5.74) is 1.36. The van der Waals surface area contributed by atoms with E-state index in [1.165, 1.54) is 5.56 Å². The fourth-order valence-electron chi connectivity index (χ4n) is 1.91. The maximum Gasteiger partial charge on any atom is 0.141 e. The van der Waals surface area contributed by atoms with Gasteiger partial charge in [0.05, 0.1) is 6.54 Å². The SMILES string of the molecule is CC(C)n1ncnc1CNCCc1ccccc1. The van der Waals surface area contributed by atoms with Gasteiger partial charge in [0.1, 0.15) is 12.2 Å². The van der Waals surface area contributed by atoms with Gasteiger partial charge in [-0.05, 0) is 32.4 Å². The van der Waals surface area contributed by atoms with Crippen LogP contribution in [0.15, 0.2) is 36.7 Å². The fraction of sp³-hybridized carbons (Fsp3) is 0.429. The van der Waals surface area contributed by atoms with Crippen LogP contribution in [0, 0.1) is 0 Å². The third-order valence-corrected chi connectivity index (χ3v) is 2.85. The summed E-state index contributed by atoms with van der Waals surface area (Å²) in [6.07, 6.45) is 2.66. The van der Waals surface area contributed by atoms with Crippen LogP contribution in [0.2, 0.25) is 0 Å². The first-order valence-electron chi connectivity index (χ1n) is 6.40. The number of hydrogen-bond donors (Lipinski definition) is 1. The minimum atomic E-state index is 0.360. The predicted octanol–water partition coefficient (Wildman–Crippen LogP) is 2.19. The highest BCUT2D eigenvalue weighted by Crippen LogP contribution is 2.04. The summed E-state index contributed by atoms with van der Waals surface area (Å²) < 4.78 is 1.95. The summed E-state index contributed by atoms with van der Waals surface area (Å²) in [6.45, 7) is 5.95. The van der Waals surface area contributed by atoms with E-state index >= 15 is 0 Å². The molecular formula is C14H20N4. The molecule has 0 spiro atoms. The minimum absolute atomic E-state index is 0.360. The van der Waals surface area contributed by atoms with Gasteiger partial charge in [-0.25, -0.2) is 9.67 Å². The molecule has 0 aliphatic rings. The van der Waals surface area contributed by atoms with E-state index in [2.05, 4.69) is 53.5 Å². The first-order valence-corrected chi connectivity index (χ1v) is 6.40. The van der Waals surface area contributed by atoms with E-state index < -0.39 is 0 Å². The molecule has 2 aromatic rings. The Bertz CT molecular complexity index is 462. The summed E-state index contributed by atoms with van der Waals surface area (Å²) in [4.78, 5) is 4.27. The molecule has 0 atom stereocenters. The maximum absolute atomic E-state index is 4.27. The van der Waals surface area contributed by atoms with Crippen molar-refractivity contribution in [2.75, 3.05) is 6.54 Å². The van der Waals surface area contributed by atoms with Crippen LogP contribution in [0.3, 0.4) is 0 Å². The molecule has 1 N–H and O–H groups in total. The molecule has 0 unspecified atom stereocenters. The third-order valence-electron chi connectivity index (χ3n) is 2.85. The summed E-state index contributed by atoms with van der Waals surface area (Å²) in [5.74, 6) is 0.998. The lowest BCUT2D eigenvalue weighted by Crippen LogP contribution is -2.20. The number of rotatable bonds is 6. The zero-order valence-corrected chi connectivity index (χ0v) is 11.0. The normalized spacial score (nSPS) is 11.1. The molecule has 1 aromatic heterocycles. The Morgan fingerprint density at radius 2 is 2.00 bits per heavy atom. The molecule has 0 aliphatic carbocycles. The second-order valence-electron chi connectivity index (χ2n) is 4.63. The Kier molecular flexibility index (Phi) is 4.47. The van der Waals surface area contributed by atoms with Gasteiger partial charge in [0, 0.05) is 6.04 Å². The van der Waals surface area contributed by atoms with Crippen LogP contribution in [0.1, 0.15) is 31.3 Å². The molecule has 0 saturated carbocycles. The first-order chi connectivity index (χ1) is 8.77. The average molecular weight is 244 g/mol. The second-order valence-corrected chi connectivity index (χ2v) is 4.63. The van der Waals surface area contributed by atoms with Crippen LogP contribution in [0.4, 0.5) is 0 Å². The van der Waals surface area contributed by atoms with Crippen LogP contribution in [-0.4, -0.2) is 21.3 Å². The monoisotopic (exact) mass is 244 g/mol.